The number of ether oxygens (including phenoxy) is 6. The Morgan fingerprint density at radius 2 is 0.886 bits per heavy atom. The van der Waals surface area contributed by atoms with Gasteiger partial charge in [-0.05, 0) is 77.0 Å². The lowest BCUT2D eigenvalue weighted by Crippen LogP contribution is -2.66. The van der Waals surface area contributed by atoms with Crippen molar-refractivity contribution in [2.45, 2.75) is 272 Å². The van der Waals surface area contributed by atoms with Crippen LogP contribution in [-0.4, -0.2) is 193 Å². The van der Waals surface area contributed by atoms with E-state index in [1.54, 1.807) is 6.08 Å². The first-order valence-corrected chi connectivity index (χ1v) is 29.7. The highest BCUT2D eigenvalue weighted by molar-refractivity contribution is 5.76. The molecular formula is C60H103NO18. The summed E-state index contributed by atoms with van der Waals surface area (Å²) in [5.74, 6) is -0.322. The van der Waals surface area contributed by atoms with Crippen LogP contribution in [0.5, 0.6) is 0 Å². The zero-order valence-electron chi connectivity index (χ0n) is 47.3. The van der Waals surface area contributed by atoms with Crippen molar-refractivity contribution in [3.8, 4) is 0 Å². The van der Waals surface area contributed by atoms with Crippen LogP contribution in [0.15, 0.2) is 72.9 Å². The van der Waals surface area contributed by atoms with Gasteiger partial charge < -0.3 is 89.9 Å². The molecule has 12 N–H and O–H groups in total. The minimum Gasteiger partial charge on any atom is -0.394 e. The second kappa shape index (κ2) is 43.0. The topological polar surface area (TPSA) is 307 Å². The molecule has 0 aromatic heterocycles. The molecule has 3 fully saturated rings. The molecule has 19 heteroatoms. The smallest absolute Gasteiger partial charge is 0.220 e. The van der Waals surface area contributed by atoms with Crippen LogP contribution < -0.4 is 5.32 Å². The molecule has 3 saturated heterocycles. The van der Waals surface area contributed by atoms with E-state index in [0.29, 0.717) is 12.8 Å². The number of amides is 1. The Morgan fingerprint density at radius 3 is 1.42 bits per heavy atom. The zero-order chi connectivity index (χ0) is 57.6. The molecule has 17 atom stereocenters. The van der Waals surface area contributed by atoms with Crippen molar-refractivity contribution in [2.75, 3.05) is 26.4 Å². The van der Waals surface area contributed by atoms with Gasteiger partial charge in [0, 0.05) is 6.42 Å². The Labute approximate surface area is 470 Å². The Hall–Kier alpha value is -2.77. The predicted octanol–water partition coefficient (Wildman–Crippen LogP) is 5.04. The highest BCUT2D eigenvalue weighted by Crippen LogP contribution is 2.33. The number of aliphatic hydroxyl groups excluding tert-OH is 11. The van der Waals surface area contributed by atoms with Crippen LogP contribution in [0.25, 0.3) is 0 Å². The van der Waals surface area contributed by atoms with Crippen molar-refractivity contribution >= 4 is 5.91 Å². The second-order valence-corrected chi connectivity index (χ2v) is 21.1. The van der Waals surface area contributed by atoms with Crippen LogP contribution >= 0.6 is 0 Å². The average molecular weight is 1130 g/mol. The fourth-order valence-electron chi connectivity index (χ4n) is 9.59. The Balaban J connectivity index is 1.53. The third-order valence-electron chi connectivity index (χ3n) is 14.5. The van der Waals surface area contributed by atoms with E-state index >= 15 is 0 Å². The molecule has 3 heterocycles. The first kappa shape index (κ1) is 70.5. The lowest BCUT2D eigenvalue weighted by atomic mass is 9.96. The van der Waals surface area contributed by atoms with Gasteiger partial charge in [-0.2, -0.15) is 0 Å². The van der Waals surface area contributed by atoms with Crippen molar-refractivity contribution in [1.82, 2.24) is 5.32 Å². The van der Waals surface area contributed by atoms with Crippen molar-refractivity contribution in [3.63, 3.8) is 0 Å². The Morgan fingerprint density at radius 1 is 0.468 bits per heavy atom. The first-order valence-electron chi connectivity index (χ1n) is 29.7. The zero-order valence-corrected chi connectivity index (χ0v) is 47.3. The van der Waals surface area contributed by atoms with Crippen LogP contribution in [0.3, 0.4) is 0 Å². The average Bonchev–Trinajstić information content (AvgIpc) is 3.55. The fourth-order valence-corrected chi connectivity index (χ4v) is 9.59. The molecule has 3 aliphatic heterocycles. The maximum atomic E-state index is 13.3. The van der Waals surface area contributed by atoms with Crippen molar-refractivity contribution in [3.05, 3.63) is 72.9 Å². The van der Waals surface area contributed by atoms with Crippen molar-refractivity contribution in [1.29, 1.82) is 0 Å². The number of unbranched alkanes of at least 4 members (excludes halogenated alkanes) is 16. The molecule has 17 unspecified atom stereocenters. The van der Waals surface area contributed by atoms with E-state index in [1.807, 2.05) is 6.08 Å². The first-order chi connectivity index (χ1) is 38.3. The lowest BCUT2D eigenvalue weighted by molar-refractivity contribution is -0.379. The summed E-state index contributed by atoms with van der Waals surface area (Å²) in [7, 11) is 0. The summed E-state index contributed by atoms with van der Waals surface area (Å²) in [4.78, 5) is 13.3. The number of aliphatic hydroxyl groups is 11. The van der Waals surface area contributed by atoms with Gasteiger partial charge in [-0.15, -0.1) is 0 Å². The van der Waals surface area contributed by atoms with Crippen LogP contribution in [0.1, 0.15) is 168 Å². The van der Waals surface area contributed by atoms with E-state index in [4.69, 9.17) is 28.4 Å². The van der Waals surface area contributed by atoms with Crippen LogP contribution in [0.4, 0.5) is 0 Å². The van der Waals surface area contributed by atoms with E-state index < -0.39 is 124 Å². The molecule has 0 aromatic carbocycles. The van der Waals surface area contributed by atoms with Gasteiger partial charge in [0.15, 0.2) is 18.9 Å². The molecule has 3 aliphatic rings. The van der Waals surface area contributed by atoms with Crippen molar-refractivity contribution < 1.29 is 89.4 Å². The van der Waals surface area contributed by atoms with Gasteiger partial charge in [0.25, 0.3) is 0 Å². The van der Waals surface area contributed by atoms with Gasteiger partial charge >= 0.3 is 0 Å². The third kappa shape index (κ3) is 27.0. The maximum absolute atomic E-state index is 13.3. The number of carbonyl (C=O) groups is 1. The molecule has 0 saturated carbocycles. The number of rotatable bonds is 42. The SMILES string of the molecule is CC/C=C\C/C=C\C/C=C\CCCCCC(=O)NC(COC1OC(CO)C(OC2OC(CO)C(OC3OC(CO)C(O)C(O)C3O)C(O)C2O)C(O)C1O)C(O)/C=C/CC/C=C/CC/C=C/CCCCCCCCCCCCC. The standard InChI is InChI=1S/C60H103NO18/c1-3-5-7-9-11-13-15-17-18-19-20-21-22-23-24-26-27-29-31-33-35-37-44(65)43(61-48(66)38-36-34-32-30-28-25-16-14-12-10-8-6-4-2)42-74-58-54(72)51(69)56(46(40-63)76-58)79-60-55(73)52(70)57(47(41-64)77-60)78-59-53(71)50(68)49(67)45(39-62)75-59/h6,8,12,14,22-23,25,27-29,35,37,43-47,49-60,62-65,67-73H,3-5,7,9-11,13,15-21,24,26,30-34,36,38-42H2,1-2H3,(H,61,66)/b8-6-,14-12-,23-22+,28-25-,29-27+,37-35+. The molecule has 0 aliphatic carbocycles. The summed E-state index contributed by atoms with van der Waals surface area (Å²) >= 11 is 0. The Bertz CT molecular complexity index is 1730. The molecular weight excluding hydrogens is 1020 g/mol. The third-order valence-corrected chi connectivity index (χ3v) is 14.5. The fraction of sp³-hybridized carbons (Fsp3) is 0.783. The minimum absolute atomic E-state index is 0.193. The van der Waals surface area contributed by atoms with Crippen LogP contribution in [0, 0.1) is 0 Å². The molecule has 456 valence electrons. The number of hydrogen-bond donors (Lipinski definition) is 12. The van der Waals surface area contributed by atoms with Gasteiger partial charge in [0.05, 0.1) is 38.6 Å². The van der Waals surface area contributed by atoms with E-state index in [2.05, 4.69) is 79.9 Å². The van der Waals surface area contributed by atoms with E-state index in [0.717, 1.165) is 64.2 Å². The quantitative estimate of drug-likeness (QED) is 0.0282. The molecule has 3 rings (SSSR count). The molecule has 19 nitrogen and oxygen atoms in total. The van der Waals surface area contributed by atoms with Gasteiger partial charge in [0.2, 0.25) is 5.91 Å². The summed E-state index contributed by atoms with van der Waals surface area (Å²) in [6, 6.07) is -1.01. The van der Waals surface area contributed by atoms with Crippen molar-refractivity contribution in [2.24, 2.45) is 0 Å². The van der Waals surface area contributed by atoms with Crippen LogP contribution in [-0.2, 0) is 33.2 Å². The number of nitrogens with one attached hydrogen (secondary N) is 1. The summed E-state index contributed by atoms with van der Waals surface area (Å²) in [5.41, 5.74) is 0. The molecule has 79 heavy (non-hydrogen) atoms. The molecule has 0 radical (unpaired) electrons. The highest BCUT2D eigenvalue weighted by atomic mass is 16.8. The monoisotopic (exact) mass is 1130 g/mol. The lowest BCUT2D eigenvalue weighted by Gasteiger charge is -2.48. The van der Waals surface area contributed by atoms with Crippen LogP contribution in [0.2, 0.25) is 0 Å². The Kier molecular flexibility index (Phi) is 38.3. The predicted molar refractivity (Wildman–Crippen MR) is 300 cm³/mol. The second-order valence-electron chi connectivity index (χ2n) is 21.1. The molecule has 0 bridgehead atoms. The summed E-state index contributed by atoms with van der Waals surface area (Å²) < 4.78 is 34.2. The number of allylic oxidation sites excluding steroid dienone is 11. The molecule has 0 aromatic rings. The highest BCUT2D eigenvalue weighted by Gasteiger charge is 2.53. The molecule has 0 spiro atoms. The van der Waals surface area contributed by atoms with Gasteiger partial charge in [0.1, 0.15) is 73.2 Å². The molecule has 1 amide bonds. The summed E-state index contributed by atoms with van der Waals surface area (Å²) in [6.45, 7) is 1.53. The van der Waals surface area contributed by atoms with Gasteiger partial charge in [-0.25, -0.2) is 0 Å². The van der Waals surface area contributed by atoms with E-state index in [-0.39, 0.29) is 18.9 Å². The number of carbonyl (C=O) groups excluding carboxylic acids is 1. The number of hydrogen-bond acceptors (Lipinski definition) is 18. The maximum Gasteiger partial charge on any atom is 0.220 e. The summed E-state index contributed by atoms with van der Waals surface area (Å²) in [6.07, 6.45) is 23.3. The normalized spacial score (nSPS) is 30.8. The van der Waals surface area contributed by atoms with E-state index in [9.17, 15) is 61.0 Å². The van der Waals surface area contributed by atoms with Gasteiger partial charge in [-0.1, -0.05) is 157 Å². The largest absolute Gasteiger partial charge is 0.394 e. The van der Waals surface area contributed by atoms with Gasteiger partial charge in [-0.3, -0.25) is 4.79 Å². The minimum atomic E-state index is -1.99. The summed E-state index contributed by atoms with van der Waals surface area (Å²) in [5, 5.41) is 120. The van der Waals surface area contributed by atoms with E-state index in [1.165, 1.54) is 70.6 Å².